The van der Waals surface area contributed by atoms with E-state index in [2.05, 4.69) is 10.3 Å². The van der Waals surface area contributed by atoms with Gasteiger partial charge in [-0.05, 0) is 26.0 Å². The molecule has 2 heterocycles. The van der Waals surface area contributed by atoms with Gasteiger partial charge in [-0.2, -0.15) is 0 Å². The molecule has 1 atom stereocenters. The predicted octanol–water partition coefficient (Wildman–Crippen LogP) is 2.23. The number of carbonyl (C=O) groups is 2. The van der Waals surface area contributed by atoms with Gasteiger partial charge in [0.15, 0.2) is 11.5 Å². The highest BCUT2D eigenvalue weighted by Crippen LogP contribution is 2.18. The quantitative estimate of drug-likeness (QED) is 0.896. The molecule has 0 saturated heterocycles. The largest absolute Gasteiger partial charge is 0.476 e. The predicted molar refractivity (Wildman–Crippen MR) is 68.4 cm³/mol. The smallest absolute Gasteiger partial charge is 0.355 e. The molecule has 0 spiro atoms. The number of nitrogens with zero attached hydrogens (tertiary/aromatic N) is 1. The molecular formula is C12H12N2O4S. The Labute approximate surface area is 113 Å². The summed E-state index contributed by atoms with van der Waals surface area (Å²) in [7, 11) is 0. The lowest BCUT2D eigenvalue weighted by molar-refractivity contribution is 0.0691. The number of hydrogen-bond acceptors (Lipinski definition) is 5. The van der Waals surface area contributed by atoms with Crippen molar-refractivity contribution in [3.63, 3.8) is 0 Å². The van der Waals surface area contributed by atoms with Gasteiger partial charge < -0.3 is 14.8 Å². The molecule has 2 aromatic rings. The minimum atomic E-state index is -1.08. The summed E-state index contributed by atoms with van der Waals surface area (Å²) in [5.41, 5.74) is -0.0186. The third kappa shape index (κ3) is 3.00. The van der Waals surface area contributed by atoms with Crippen molar-refractivity contribution in [2.24, 2.45) is 0 Å². The lowest BCUT2D eigenvalue weighted by Crippen LogP contribution is -2.26. The maximum absolute atomic E-state index is 11.8. The van der Waals surface area contributed by atoms with E-state index in [4.69, 9.17) is 9.52 Å². The summed E-state index contributed by atoms with van der Waals surface area (Å²) < 4.78 is 5.20. The Morgan fingerprint density at radius 1 is 1.47 bits per heavy atom. The monoisotopic (exact) mass is 280 g/mol. The topological polar surface area (TPSA) is 92.4 Å². The number of carbonyl (C=O) groups excluding carboxylic acids is 1. The number of rotatable bonds is 4. The fourth-order valence-corrected chi connectivity index (χ4v) is 2.27. The first-order chi connectivity index (χ1) is 8.97. The van der Waals surface area contributed by atoms with E-state index in [1.807, 2.05) is 0 Å². The third-order valence-electron chi connectivity index (χ3n) is 2.42. The zero-order valence-corrected chi connectivity index (χ0v) is 11.2. The Hall–Kier alpha value is -2.15. The van der Waals surface area contributed by atoms with E-state index in [-0.39, 0.29) is 23.4 Å². The van der Waals surface area contributed by atoms with Gasteiger partial charge in [0.1, 0.15) is 10.8 Å². The maximum Gasteiger partial charge on any atom is 0.355 e. The Bertz CT molecular complexity index is 617. The molecule has 1 amide bonds. The van der Waals surface area contributed by atoms with E-state index in [1.165, 1.54) is 16.7 Å². The highest BCUT2D eigenvalue weighted by Gasteiger charge is 2.18. The van der Waals surface area contributed by atoms with Crippen LogP contribution in [0.5, 0.6) is 0 Å². The van der Waals surface area contributed by atoms with Gasteiger partial charge in [0.25, 0.3) is 5.91 Å². The van der Waals surface area contributed by atoms with E-state index >= 15 is 0 Å². The summed E-state index contributed by atoms with van der Waals surface area (Å²) in [5.74, 6) is -0.560. The second-order valence-corrected chi connectivity index (χ2v) is 4.87. The number of carboxylic acids is 1. The van der Waals surface area contributed by atoms with Gasteiger partial charge in [0.05, 0.1) is 6.04 Å². The fourth-order valence-electron chi connectivity index (χ4n) is 1.47. The van der Waals surface area contributed by atoms with Crippen LogP contribution in [0.25, 0.3) is 0 Å². The van der Waals surface area contributed by atoms with Crippen LogP contribution < -0.4 is 5.32 Å². The summed E-state index contributed by atoms with van der Waals surface area (Å²) in [6, 6.07) is 2.91. The fraction of sp³-hybridized carbons (Fsp3) is 0.250. The number of aromatic nitrogens is 1. The molecule has 19 heavy (non-hydrogen) atoms. The highest BCUT2D eigenvalue weighted by molar-refractivity contribution is 7.09. The van der Waals surface area contributed by atoms with Crippen molar-refractivity contribution in [1.82, 2.24) is 10.3 Å². The molecule has 0 aromatic carbocycles. The standard InChI is InChI=1S/C12H12N2O4S/c1-6-3-4-9(18-6)10(15)13-7(2)11-14-8(5-19-11)12(16)17/h3-5,7H,1-2H3,(H,13,15)(H,16,17). The highest BCUT2D eigenvalue weighted by atomic mass is 32.1. The van der Waals surface area contributed by atoms with Crippen LogP contribution in [-0.4, -0.2) is 22.0 Å². The minimum absolute atomic E-state index is 0.0186. The third-order valence-corrected chi connectivity index (χ3v) is 3.45. The molecule has 2 aromatic heterocycles. The Morgan fingerprint density at radius 2 is 2.21 bits per heavy atom. The number of nitrogens with one attached hydrogen (secondary N) is 1. The van der Waals surface area contributed by atoms with Gasteiger partial charge in [-0.15, -0.1) is 11.3 Å². The number of aryl methyl sites for hydroxylation is 1. The van der Waals surface area contributed by atoms with Crippen LogP contribution in [0.15, 0.2) is 21.9 Å². The van der Waals surface area contributed by atoms with E-state index < -0.39 is 5.97 Å². The van der Waals surface area contributed by atoms with E-state index in [0.717, 1.165) is 0 Å². The molecule has 0 fully saturated rings. The lowest BCUT2D eigenvalue weighted by Gasteiger charge is -2.09. The Balaban J connectivity index is 2.05. The van der Waals surface area contributed by atoms with Gasteiger partial charge in [-0.3, -0.25) is 4.79 Å². The molecule has 0 radical (unpaired) electrons. The number of furan rings is 1. The summed E-state index contributed by atoms with van der Waals surface area (Å²) in [6.07, 6.45) is 0. The first kappa shape index (κ1) is 13.3. The summed E-state index contributed by atoms with van der Waals surface area (Å²) in [6.45, 7) is 3.48. The average molecular weight is 280 g/mol. The van der Waals surface area contributed by atoms with E-state index in [1.54, 1.807) is 26.0 Å². The Morgan fingerprint density at radius 3 is 2.74 bits per heavy atom. The van der Waals surface area contributed by atoms with Crippen molar-refractivity contribution in [2.45, 2.75) is 19.9 Å². The van der Waals surface area contributed by atoms with Crippen molar-refractivity contribution >= 4 is 23.2 Å². The molecule has 0 aliphatic rings. The number of thiazole rings is 1. The number of carboxylic acid groups (broad SMARTS) is 1. The van der Waals surface area contributed by atoms with Gasteiger partial charge in [-0.25, -0.2) is 9.78 Å². The van der Waals surface area contributed by atoms with E-state index in [0.29, 0.717) is 10.8 Å². The van der Waals surface area contributed by atoms with Crippen LogP contribution in [0.2, 0.25) is 0 Å². The molecule has 100 valence electrons. The van der Waals surface area contributed by atoms with Gasteiger partial charge >= 0.3 is 5.97 Å². The van der Waals surface area contributed by atoms with Crippen LogP contribution >= 0.6 is 11.3 Å². The van der Waals surface area contributed by atoms with Crippen LogP contribution in [0, 0.1) is 6.92 Å². The molecule has 0 aliphatic heterocycles. The first-order valence-electron chi connectivity index (χ1n) is 5.53. The van der Waals surface area contributed by atoms with Crippen LogP contribution in [0.4, 0.5) is 0 Å². The normalized spacial score (nSPS) is 12.1. The molecular weight excluding hydrogens is 268 g/mol. The van der Waals surface area contributed by atoms with Gasteiger partial charge in [0, 0.05) is 5.38 Å². The summed E-state index contributed by atoms with van der Waals surface area (Å²) in [5, 5.41) is 13.5. The minimum Gasteiger partial charge on any atom is -0.476 e. The maximum atomic E-state index is 11.8. The molecule has 0 saturated carbocycles. The van der Waals surface area contributed by atoms with Gasteiger partial charge in [-0.1, -0.05) is 0 Å². The summed E-state index contributed by atoms with van der Waals surface area (Å²) >= 11 is 1.19. The van der Waals surface area contributed by atoms with Crippen molar-refractivity contribution in [2.75, 3.05) is 0 Å². The molecule has 2 rings (SSSR count). The molecule has 0 bridgehead atoms. The second-order valence-electron chi connectivity index (χ2n) is 3.98. The molecule has 1 unspecified atom stereocenters. The number of aromatic carboxylic acids is 1. The van der Waals surface area contributed by atoms with Crippen LogP contribution in [-0.2, 0) is 0 Å². The number of hydrogen-bond donors (Lipinski definition) is 2. The zero-order valence-electron chi connectivity index (χ0n) is 10.3. The molecule has 0 aliphatic carbocycles. The van der Waals surface area contributed by atoms with Crippen molar-refractivity contribution in [3.05, 3.63) is 39.7 Å². The van der Waals surface area contributed by atoms with Crippen molar-refractivity contribution < 1.29 is 19.1 Å². The molecule has 7 heteroatoms. The first-order valence-corrected chi connectivity index (χ1v) is 6.41. The lowest BCUT2D eigenvalue weighted by atomic mass is 10.3. The van der Waals surface area contributed by atoms with E-state index in [9.17, 15) is 9.59 Å². The summed E-state index contributed by atoms with van der Waals surface area (Å²) in [4.78, 5) is 26.5. The second kappa shape index (κ2) is 5.23. The average Bonchev–Trinajstić information content (AvgIpc) is 2.96. The van der Waals surface area contributed by atoms with Crippen molar-refractivity contribution in [3.8, 4) is 0 Å². The SMILES string of the molecule is Cc1ccc(C(=O)NC(C)c2nc(C(=O)O)cs2)o1. The molecule has 2 N–H and O–H groups in total. The zero-order chi connectivity index (χ0) is 14.0. The van der Waals surface area contributed by atoms with Gasteiger partial charge in [0.2, 0.25) is 0 Å². The van der Waals surface area contributed by atoms with Crippen LogP contribution in [0.3, 0.4) is 0 Å². The number of amides is 1. The van der Waals surface area contributed by atoms with Crippen molar-refractivity contribution in [1.29, 1.82) is 0 Å². The van der Waals surface area contributed by atoms with Crippen LogP contribution in [0.1, 0.15) is 44.8 Å². The Kier molecular flexibility index (Phi) is 3.66. The molecule has 6 nitrogen and oxygen atoms in total.